The Morgan fingerprint density at radius 2 is 1.95 bits per heavy atom. The highest BCUT2D eigenvalue weighted by Crippen LogP contribution is 2.19. The van der Waals surface area contributed by atoms with Crippen LogP contribution >= 0.6 is 0 Å². The van der Waals surface area contributed by atoms with Crippen molar-refractivity contribution in [2.24, 2.45) is 0 Å². The van der Waals surface area contributed by atoms with Crippen LogP contribution in [-0.2, 0) is 0 Å². The molecule has 2 aromatic carbocycles. The van der Waals surface area contributed by atoms with Gasteiger partial charge in [0.2, 0.25) is 0 Å². The van der Waals surface area contributed by atoms with Crippen LogP contribution in [0, 0.1) is 13.8 Å². The molecule has 0 saturated heterocycles. The van der Waals surface area contributed by atoms with Crippen LogP contribution < -0.4 is 5.32 Å². The van der Waals surface area contributed by atoms with E-state index in [4.69, 9.17) is 0 Å². The standard InChI is InChI=1S/C16H15N5O/c1-11-7-8-12(2)14(9-11)18-16(22)13-5-3-4-6-15(13)21-10-17-19-20-21/h3-10H,1-2H3,(H,18,22). The van der Waals surface area contributed by atoms with Gasteiger partial charge in [0.15, 0.2) is 0 Å². The first-order chi connectivity index (χ1) is 10.6. The lowest BCUT2D eigenvalue weighted by Crippen LogP contribution is -2.16. The summed E-state index contributed by atoms with van der Waals surface area (Å²) in [4.78, 5) is 12.6. The molecule has 1 aromatic heterocycles. The topological polar surface area (TPSA) is 72.7 Å². The summed E-state index contributed by atoms with van der Waals surface area (Å²) in [6.45, 7) is 3.95. The monoisotopic (exact) mass is 293 g/mol. The molecule has 0 aliphatic carbocycles. The molecular weight excluding hydrogens is 278 g/mol. The molecule has 0 spiro atoms. The number of hydrogen-bond donors (Lipinski definition) is 1. The Labute approximate surface area is 127 Å². The molecule has 0 bridgehead atoms. The zero-order valence-corrected chi connectivity index (χ0v) is 12.3. The van der Waals surface area contributed by atoms with Gasteiger partial charge < -0.3 is 5.32 Å². The molecule has 0 aliphatic heterocycles. The van der Waals surface area contributed by atoms with Gasteiger partial charge in [-0.1, -0.05) is 24.3 Å². The quantitative estimate of drug-likeness (QED) is 0.805. The molecule has 110 valence electrons. The van der Waals surface area contributed by atoms with E-state index < -0.39 is 0 Å². The van der Waals surface area contributed by atoms with E-state index in [0.717, 1.165) is 16.8 Å². The number of rotatable bonds is 3. The van der Waals surface area contributed by atoms with Gasteiger partial charge in [0.1, 0.15) is 6.33 Å². The maximum absolute atomic E-state index is 12.6. The van der Waals surface area contributed by atoms with Crippen LogP contribution in [0.3, 0.4) is 0 Å². The number of carbonyl (C=O) groups is 1. The second-order valence-electron chi connectivity index (χ2n) is 5.04. The fourth-order valence-corrected chi connectivity index (χ4v) is 2.20. The minimum Gasteiger partial charge on any atom is -0.322 e. The van der Waals surface area contributed by atoms with E-state index in [9.17, 15) is 4.79 Å². The molecule has 0 atom stereocenters. The number of tetrazole rings is 1. The summed E-state index contributed by atoms with van der Waals surface area (Å²) >= 11 is 0. The summed E-state index contributed by atoms with van der Waals surface area (Å²) in [7, 11) is 0. The molecule has 0 aliphatic rings. The smallest absolute Gasteiger partial charge is 0.257 e. The van der Waals surface area contributed by atoms with Crippen LogP contribution in [0.25, 0.3) is 5.69 Å². The normalized spacial score (nSPS) is 10.5. The van der Waals surface area contributed by atoms with Crippen molar-refractivity contribution in [1.82, 2.24) is 20.2 Å². The van der Waals surface area contributed by atoms with Crippen LogP contribution in [0.2, 0.25) is 0 Å². The Morgan fingerprint density at radius 3 is 2.73 bits per heavy atom. The summed E-state index contributed by atoms with van der Waals surface area (Å²) in [5.41, 5.74) is 4.05. The maximum Gasteiger partial charge on any atom is 0.257 e. The summed E-state index contributed by atoms with van der Waals surface area (Å²) in [5, 5.41) is 14.0. The van der Waals surface area contributed by atoms with Crippen molar-refractivity contribution in [2.45, 2.75) is 13.8 Å². The number of nitrogens with zero attached hydrogens (tertiary/aromatic N) is 4. The number of aromatic nitrogens is 4. The summed E-state index contributed by atoms with van der Waals surface area (Å²) < 4.78 is 1.47. The van der Waals surface area contributed by atoms with Gasteiger partial charge in [0, 0.05) is 5.69 Å². The van der Waals surface area contributed by atoms with Crippen LogP contribution in [0.15, 0.2) is 48.8 Å². The van der Waals surface area contributed by atoms with Crippen LogP contribution in [0.4, 0.5) is 5.69 Å². The van der Waals surface area contributed by atoms with E-state index in [2.05, 4.69) is 20.8 Å². The van der Waals surface area contributed by atoms with Gasteiger partial charge in [-0.05, 0) is 53.6 Å². The van der Waals surface area contributed by atoms with Crippen molar-refractivity contribution in [3.63, 3.8) is 0 Å². The molecule has 1 amide bonds. The van der Waals surface area contributed by atoms with Gasteiger partial charge in [-0.25, -0.2) is 0 Å². The van der Waals surface area contributed by atoms with Crippen LogP contribution in [0.1, 0.15) is 21.5 Å². The molecule has 6 nitrogen and oxygen atoms in total. The second-order valence-corrected chi connectivity index (χ2v) is 5.04. The summed E-state index contributed by atoms with van der Waals surface area (Å²) in [5.74, 6) is -0.195. The molecule has 0 fully saturated rings. The third-order valence-corrected chi connectivity index (χ3v) is 3.39. The molecule has 3 rings (SSSR count). The minimum absolute atomic E-state index is 0.195. The van der Waals surface area contributed by atoms with E-state index in [-0.39, 0.29) is 5.91 Å². The molecular formula is C16H15N5O. The third-order valence-electron chi connectivity index (χ3n) is 3.39. The first kappa shape index (κ1) is 13.9. The minimum atomic E-state index is -0.195. The van der Waals surface area contributed by atoms with Gasteiger partial charge >= 0.3 is 0 Å². The van der Waals surface area contributed by atoms with Gasteiger partial charge in [0.05, 0.1) is 11.3 Å². The zero-order chi connectivity index (χ0) is 15.5. The SMILES string of the molecule is Cc1ccc(C)c(NC(=O)c2ccccc2-n2cnnn2)c1. The summed E-state index contributed by atoms with van der Waals surface area (Å²) in [6.07, 6.45) is 1.46. The molecule has 1 N–H and O–H groups in total. The largest absolute Gasteiger partial charge is 0.322 e. The molecule has 0 unspecified atom stereocenters. The Hall–Kier alpha value is -3.02. The van der Waals surface area contributed by atoms with Gasteiger partial charge in [-0.2, -0.15) is 4.68 Å². The zero-order valence-electron chi connectivity index (χ0n) is 12.3. The predicted molar refractivity (Wildman–Crippen MR) is 83.0 cm³/mol. The Kier molecular flexibility index (Phi) is 3.65. The van der Waals surface area contributed by atoms with Crippen molar-refractivity contribution in [2.75, 3.05) is 5.32 Å². The van der Waals surface area contributed by atoms with Crippen molar-refractivity contribution in [3.05, 3.63) is 65.5 Å². The van der Waals surface area contributed by atoms with Gasteiger partial charge in [-0.15, -0.1) is 5.10 Å². The van der Waals surface area contributed by atoms with E-state index in [1.807, 2.05) is 44.2 Å². The van der Waals surface area contributed by atoms with Crippen molar-refractivity contribution in [3.8, 4) is 5.69 Å². The number of hydrogen-bond acceptors (Lipinski definition) is 4. The molecule has 0 radical (unpaired) electrons. The van der Waals surface area contributed by atoms with Crippen molar-refractivity contribution in [1.29, 1.82) is 0 Å². The Bertz CT molecular complexity index is 811. The molecule has 6 heteroatoms. The average molecular weight is 293 g/mol. The first-order valence-electron chi connectivity index (χ1n) is 6.86. The number of anilines is 1. The third kappa shape index (κ3) is 2.71. The lowest BCUT2D eigenvalue weighted by molar-refractivity contribution is 0.102. The van der Waals surface area contributed by atoms with Crippen molar-refractivity contribution >= 4 is 11.6 Å². The maximum atomic E-state index is 12.6. The van der Waals surface area contributed by atoms with E-state index in [0.29, 0.717) is 11.3 Å². The number of nitrogens with one attached hydrogen (secondary N) is 1. The highest BCUT2D eigenvalue weighted by molar-refractivity contribution is 6.07. The van der Waals surface area contributed by atoms with Gasteiger partial charge in [0.25, 0.3) is 5.91 Å². The van der Waals surface area contributed by atoms with E-state index in [1.54, 1.807) is 12.1 Å². The lowest BCUT2D eigenvalue weighted by Gasteiger charge is -2.11. The fourth-order valence-electron chi connectivity index (χ4n) is 2.20. The Balaban J connectivity index is 1.95. The Morgan fingerprint density at radius 1 is 1.14 bits per heavy atom. The number of carbonyl (C=O) groups excluding carboxylic acids is 1. The number of benzene rings is 2. The molecule has 0 saturated carbocycles. The second kappa shape index (κ2) is 5.77. The number of amides is 1. The highest BCUT2D eigenvalue weighted by atomic mass is 16.1. The fraction of sp³-hybridized carbons (Fsp3) is 0.125. The highest BCUT2D eigenvalue weighted by Gasteiger charge is 2.14. The van der Waals surface area contributed by atoms with Gasteiger partial charge in [-0.3, -0.25) is 4.79 Å². The number of para-hydroxylation sites is 1. The molecule has 22 heavy (non-hydrogen) atoms. The first-order valence-corrected chi connectivity index (χ1v) is 6.86. The molecule has 1 heterocycles. The van der Waals surface area contributed by atoms with Crippen LogP contribution in [-0.4, -0.2) is 26.1 Å². The molecule has 3 aromatic rings. The van der Waals surface area contributed by atoms with E-state index in [1.165, 1.54) is 11.0 Å². The lowest BCUT2D eigenvalue weighted by atomic mass is 10.1. The predicted octanol–water partition coefficient (Wildman–Crippen LogP) is 2.53. The summed E-state index contributed by atoms with van der Waals surface area (Å²) in [6, 6.07) is 13.1. The number of aryl methyl sites for hydroxylation is 2. The van der Waals surface area contributed by atoms with E-state index >= 15 is 0 Å². The van der Waals surface area contributed by atoms with Crippen molar-refractivity contribution < 1.29 is 4.79 Å². The van der Waals surface area contributed by atoms with Crippen LogP contribution in [0.5, 0.6) is 0 Å². The average Bonchev–Trinajstić information content (AvgIpc) is 3.05.